The summed E-state index contributed by atoms with van der Waals surface area (Å²) in [4.78, 5) is 0. The van der Waals surface area contributed by atoms with E-state index in [0.29, 0.717) is 0 Å². The summed E-state index contributed by atoms with van der Waals surface area (Å²) in [7, 11) is 1.94. The summed E-state index contributed by atoms with van der Waals surface area (Å²) >= 11 is 0. The van der Waals surface area contributed by atoms with Crippen molar-refractivity contribution >= 4 is 5.69 Å². The van der Waals surface area contributed by atoms with Gasteiger partial charge in [0.25, 0.3) is 0 Å². The van der Waals surface area contributed by atoms with Gasteiger partial charge in [-0.15, -0.1) is 0 Å². The van der Waals surface area contributed by atoms with Gasteiger partial charge in [-0.25, -0.2) is 0 Å². The molecule has 0 saturated heterocycles. The Balaban J connectivity index is 2.02. The molecule has 0 radical (unpaired) electrons. The largest absolute Gasteiger partial charge is 0.381 e. The number of nitrogens with zero attached hydrogens (tertiary/aromatic N) is 2. The van der Waals surface area contributed by atoms with E-state index in [9.17, 15) is 0 Å². The molecule has 2 rings (SSSR count). The standard InChI is InChI=1S/C12H15N3/c1-10-11(9-15(2)14-10)8-13-12-6-4-3-5-7-12/h3-7,9,13H,8H2,1-2H3. The topological polar surface area (TPSA) is 29.9 Å². The first-order valence-corrected chi connectivity index (χ1v) is 5.04. The van der Waals surface area contributed by atoms with E-state index in [2.05, 4.69) is 22.5 Å². The summed E-state index contributed by atoms with van der Waals surface area (Å²) in [5.41, 5.74) is 3.46. The molecule has 1 N–H and O–H groups in total. The molecule has 0 aliphatic rings. The van der Waals surface area contributed by atoms with E-state index in [0.717, 1.165) is 17.9 Å². The number of para-hydroxylation sites is 1. The van der Waals surface area contributed by atoms with Crippen LogP contribution in [0.4, 0.5) is 5.69 Å². The summed E-state index contributed by atoms with van der Waals surface area (Å²) < 4.78 is 1.84. The quantitative estimate of drug-likeness (QED) is 0.826. The molecule has 0 aliphatic carbocycles. The van der Waals surface area contributed by atoms with Gasteiger partial charge in [0.15, 0.2) is 0 Å². The van der Waals surface area contributed by atoms with Gasteiger partial charge in [-0.3, -0.25) is 4.68 Å². The average Bonchev–Trinajstić information content (AvgIpc) is 2.56. The van der Waals surface area contributed by atoms with E-state index >= 15 is 0 Å². The molecule has 0 atom stereocenters. The number of anilines is 1. The molecule has 0 amide bonds. The van der Waals surface area contributed by atoms with Crippen molar-refractivity contribution in [1.29, 1.82) is 0 Å². The number of aryl methyl sites for hydroxylation is 2. The number of hydrogen-bond donors (Lipinski definition) is 1. The second-order valence-electron chi connectivity index (χ2n) is 3.63. The predicted molar refractivity (Wildman–Crippen MR) is 61.7 cm³/mol. The highest BCUT2D eigenvalue weighted by Gasteiger charge is 2.01. The molecule has 0 aliphatic heterocycles. The van der Waals surface area contributed by atoms with Crippen LogP contribution in [-0.4, -0.2) is 9.78 Å². The summed E-state index contributed by atoms with van der Waals surface area (Å²) in [5, 5.41) is 7.66. The number of benzene rings is 1. The lowest BCUT2D eigenvalue weighted by Crippen LogP contribution is -1.99. The summed E-state index contributed by atoms with van der Waals surface area (Å²) in [6, 6.07) is 10.2. The van der Waals surface area contributed by atoms with Gasteiger partial charge in [0.05, 0.1) is 5.69 Å². The zero-order valence-electron chi connectivity index (χ0n) is 9.07. The molecule has 0 unspecified atom stereocenters. The first kappa shape index (κ1) is 9.77. The normalized spacial score (nSPS) is 10.3. The van der Waals surface area contributed by atoms with E-state index in [1.54, 1.807) is 0 Å². The van der Waals surface area contributed by atoms with Gasteiger partial charge < -0.3 is 5.32 Å². The molecule has 1 heterocycles. The molecule has 3 heteroatoms. The Kier molecular flexibility index (Phi) is 2.72. The molecule has 0 bridgehead atoms. The van der Waals surface area contributed by atoms with E-state index in [-0.39, 0.29) is 0 Å². The minimum absolute atomic E-state index is 0.823. The van der Waals surface area contributed by atoms with Crippen LogP contribution in [0.25, 0.3) is 0 Å². The maximum Gasteiger partial charge on any atom is 0.0643 e. The fourth-order valence-corrected chi connectivity index (χ4v) is 1.58. The molecule has 0 spiro atoms. The van der Waals surface area contributed by atoms with E-state index in [1.165, 1.54) is 5.56 Å². The fraction of sp³-hybridized carbons (Fsp3) is 0.250. The third kappa shape index (κ3) is 2.37. The lowest BCUT2D eigenvalue weighted by atomic mass is 10.2. The van der Waals surface area contributed by atoms with Gasteiger partial charge in [-0.2, -0.15) is 5.10 Å². The summed E-state index contributed by atoms with van der Waals surface area (Å²) in [6.07, 6.45) is 2.05. The molecular formula is C12H15N3. The van der Waals surface area contributed by atoms with Crippen molar-refractivity contribution in [1.82, 2.24) is 9.78 Å². The molecular weight excluding hydrogens is 186 g/mol. The Hall–Kier alpha value is -1.77. The predicted octanol–water partition coefficient (Wildman–Crippen LogP) is 2.34. The van der Waals surface area contributed by atoms with Crippen LogP contribution >= 0.6 is 0 Å². The molecule has 1 aromatic heterocycles. The van der Waals surface area contributed by atoms with E-state index in [1.807, 2.05) is 43.0 Å². The highest BCUT2D eigenvalue weighted by molar-refractivity contribution is 5.43. The highest BCUT2D eigenvalue weighted by atomic mass is 15.2. The molecule has 3 nitrogen and oxygen atoms in total. The van der Waals surface area contributed by atoms with Gasteiger partial charge >= 0.3 is 0 Å². The van der Waals surface area contributed by atoms with Gasteiger partial charge in [-0.05, 0) is 19.1 Å². The van der Waals surface area contributed by atoms with E-state index < -0.39 is 0 Å². The third-order valence-electron chi connectivity index (χ3n) is 2.37. The van der Waals surface area contributed by atoms with Gasteiger partial charge in [0, 0.05) is 31.0 Å². The van der Waals surface area contributed by atoms with Gasteiger partial charge in [0.2, 0.25) is 0 Å². The maximum absolute atomic E-state index is 4.30. The first-order valence-electron chi connectivity index (χ1n) is 5.04. The molecule has 15 heavy (non-hydrogen) atoms. The zero-order chi connectivity index (χ0) is 10.7. The SMILES string of the molecule is Cc1nn(C)cc1CNc1ccccc1. The van der Waals surface area contributed by atoms with Crippen molar-refractivity contribution in [2.75, 3.05) is 5.32 Å². The van der Waals surface area contributed by atoms with Crippen LogP contribution < -0.4 is 5.32 Å². The van der Waals surface area contributed by atoms with Crippen molar-refractivity contribution in [3.8, 4) is 0 Å². The zero-order valence-corrected chi connectivity index (χ0v) is 9.07. The van der Waals surface area contributed by atoms with Crippen LogP contribution in [0, 0.1) is 6.92 Å². The number of aromatic nitrogens is 2. The van der Waals surface area contributed by atoms with Crippen LogP contribution in [0.5, 0.6) is 0 Å². The summed E-state index contributed by atoms with van der Waals surface area (Å²) in [5.74, 6) is 0. The Morgan fingerprint density at radius 3 is 2.60 bits per heavy atom. The van der Waals surface area contributed by atoms with Gasteiger partial charge in [0.1, 0.15) is 0 Å². The Morgan fingerprint density at radius 2 is 2.00 bits per heavy atom. The summed E-state index contributed by atoms with van der Waals surface area (Å²) in [6.45, 7) is 2.85. The molecule has 78 valence electrons. The van der Waals surface area contributed by atoms with Crippen molar-refractivity contribution in [2.24, 2.45) is 7.05 Å². The highest BCUT2D eigenvalue weighted by Crippen LogP contribution is 2.10. The Labute approximate surface area is 89.7 Å². The molecule has 0 fully saturated rings. The van der Waals surface area contributed by atoms with Crippen LogP contribution in [0.15, 0.2) is 36.5 Å². The maximum atomic E-state index is 4.30. The minimum Gasteiger partial charge on any atom is -0.381 e. The van der Waals surface area contributed by atoms with Crippen LogP contribution in [0.2, 0.25) is 0 Å². The van der Waals surface area contributed by atoms with Crippen molar-refractivity contribution in [3.05, 3.63) is 47.8 Å². The second kappa shape index (κ2) is 4.17. The first-order chi connectivity index (χ1) is 7.25. The monoisotopic (exact) mass is 201 g/mol. The van der Waals surface area contributed by atoms with Crippen molar-refractivity contribution in [2.45, 2.75) is 13.5 Å². The van der Waals surface area contributed by atoms with Crippen molar-refractivity contribution < 1.29 is 0 Å². The lowest BCUT2D eigenvalue weighted by Gasteiger charge is -2.04. The number of rotatable bonds is 3. The van der Waals surface area contributed by atoms with Crippen molar-refractivity contribution in [3.63, 3.8) is 0 Å². The van der Waals surface area contributed by atoms with Gasteiger partial charge in [-0.1, -0.05) is 18.2 Å². The Morgan fingerprint density at radius 1 is 1.27 bits per heavy atom. The Bertz CT molecular complexity index is 431. The van der Waals surface area contributed by atoms with Crippen LogP contribution in [0.3, 0.4) is 0 Å². The molecule has 0 saturated carbocycles. The molecule has 2 aromatic rings. The minimum atomic E-state index is 0.823. The fourth-order valence-electron chi connectivity index (χ4n) is 1.58. The third-order valence-corrected chi connectivity index (χ3v) is 2.37. The number of hydrogen-bond acceptors (Lipinski definition) is 2. The second-order valence-corrected chi connectivity index (χ2v) is 3.63. The van der Waals surface area contributed by atoms with Crippen LogP contribution in [0.1, 0.15) is 11.3 Å². The smallest absolute Gasteiger partial charge is 0.0643 e. The van der Waals surface area contributed by atoms with E-state index in [4.69, 9.17) is 0 Å². The average molecular weight is 201 g/mol. The molecule has 1 aromatic carbocycles. The lowest BCUT2D eigenvalue weighted by molar-refractivity contribution is 0.756. The van der Waals surface area contributed by atoms with Crippen LogP contribution in [-0.2, 0) is 13.6 Å². The number of nitrogens with one attached hydrogen (secondary N) is 1.